The second kappa shape index (κ2) is 10.1. The number of hydrazone groups is 1. The number of rotatable bonds is 6. The Kier molecular flexibility index (Phi) is 6.88. The van der Waals surface area contributed by atoms with Crippen molar-refractivity contribution in [3.8, 4) is 5.75 Å². The predicted molar refractivity (Wildman–Crippen MR) is 139 cm³/mol. The van der Waals surface area contributed by atoms with Crippen molar-refractivity contribution in [3.05, 3.63) is 65.1 Å². The molecule has 3 aliphatic rings. The van der Waals surface area contributed by atoms with Crippen LogP contribution in [-0.4, -0.2) is 82.0 Å². The minimum atomic E-state index is -1.39. The van der Waals surface area contributed by atoms with Gasteiger partial charge in [0.15, 0.2) is 0 Å². The Morgan fingerprint density at radius 3 is 2.59 bits per heavy atom. The van der Waals surface area contributed by atoms with Crippen LogP contribution in [0.5, 0.6) is 5.75 Å². The molecule has 12 heteroatoms. The number of nitrogens with zero attached hydrogens (tertiary/aromatic N) is 5. The minimum Gasteiger partial charge on any atom is -0.507 e. The van der Waals surface area contributed by atoms with Gasteiger partial charge in [0.25, 0.3) is 0 Å². The Labute approximate surface area is 218 Å². The van der Waals surface area contributed by atoms with Gasteiger partial charge in [0.2, 0.25) is 11.5 Å². The topological polar surface area (TPSA) is 112 Å². The lowest BCUT2D eigenvalue weighted by atomic mass is 9.95. The fourth-order valence-corrected chi connectivity index (χ4v) is 4.97. The molecular formula is C25H28FN5O5S. The number of benzene rings is 2. The number of fused-ring (bicyclic) bond motifs is 1. The van der Waals surface area contributed by atoms with Gasteiger partial charge in [-0.05, 0) is 31.2 Å². The van der Waals surface area contributed by atoms with E-state index in [1.54, 1.807) is 40.2 Å². The number of piperazine rings is 1. The lowest BCUT2D eigenvalue weighted by molar-refractivity contribution is -0.133. The molecule has 3 N–H and O–H groups in total. The van der Waals surface area contributed by atoms with Crippen LogP contribution in [0, 0.1) is 5.82 Å². The molecule has 0 radical (unpaired) electrons. The van der Waals surface area contributed by atoms with Crippen molar-refractivity contribution >= 4 is 35.9 Å². The summed E-state index contributed by atoms with van der Waals surface area (Å²) in [4.78, 5) is 17.3. The summed E-state index contributed by atoms with van der Waals surface area (Å²) in [5.41, 5.74) is 0.962. The average molecular weight is 530 g/mol. The molecule has 5 rings (SSSR count). The standard InChI is InChI=1S/C25H28FN5O5S/c1-2-29-13-17(24(34)35)22(33)16-11-18(26)20(12-19(16)29)30-9-7-28(8-10-30)14-31-25(37)36-23(27-31)15-5-3-4-6-21(15)32/h3-6,11-13,22,25,32-33,37H,2,7-10,14H2,1H3,(H,34,35). The molecule has 0 aromatic heterocycles. The monoisotopic (exact) mass is 529 g/mol. The van der Waals surface area contributed by atoms with E-state index >= 15 is 4.39 Å². The van der Waals surface area contributed by atoms with E-state index in [0.717, 1.165) is 0 Å². The molecular weight excluding hydrogens is 501 g/mol. The average Bonchev–Trinajstić information content (AvgIpc) is 3.24. The third-order valence-corrected chi connectivity index (χ3v) is 7.13. The first-order valence-corrected chi connectivity index (χ1v) is 12.5. The summed E-state index contributed by atoms with van der Waals surface area (Å²) in [6.07, 6.45) is 0.0149. The van der Waals surface area contributed by atoms with E-state index in [9.17, 15) is 20.1 Å². The quantitative estimate of drug-likeness (QED) is 0.419. The molecule has 0 saturated carbocycles. The number of carboxylic acid groups (broad SMARTS) is 1. The van der Waals surface area contributed by atoms with Gasteiger partial charge in [-0.1, -0.05) is 12.1 Å². The molecule has 1 saturated heterocycles. The lowest BCUT2D eigenvalue weighted by Gasteiger charge is -2.38. The van der Waals surface area contributed by atoms with E-state index in [-0.39, 0.29) is 16.9 Å². The number of aliphatic hydroxyl groups excluding tert-OH is 1. The number of ether oxygens (including phenoxy) is 1. The van der Waals surface area contributed by atoms with Gasteiger partial charge in [-0.2, -0.15) is 0 Å². The Hall–Kier alpha value is -3.48. The third kappa shape index (κ3) is 4.79. The normalized spacial score (nSPS) is 21.9. The molecule has 2 aromatic carbocycles. The highest BCUT2D eigenvalue weighted by Crippen LogP contribution is 2.40. The van der Waals surface area contributed by atoms with Crippen molar-refractivity contribution in [1.29, 1.82) is 0 Å². The summed E-state index contributed by atoms with van der Waals surface area (Å²) < 4.78 is 20.9. The zero-order valence-corrected chi connectivity index (χ0v) is 21.1. The van der Waals surface area contributed by atoms with Crippen LogP contribution in [0.15, 0.2) is 53.3 Å². The van der Waals surface area contributed by atoms with E-state index in [4.69, 9.17) is 4.74 Å². The predicted octanol–water partition coefficient (Wildman–Crippen LogP) is 2.36. The maximum atomic E-state index is 15.2. The molecule has 3 aliphatic heterocycles. The summed E-state index contributed by atoms with van der Waals surface area (Å²) in [5.74, 6) is -1.36. The van der Waals surface area contributed by atoms with Gasteiger partial charge in [-0.25, -0.2) is 14.2 Å². The highest BCUT2D eigenvalue weighted by Gasteiger charge is 2.33. The molecule has 0 bridgehead atoms. The molecule has 0 spiro atoms. The number of carbonyl (C=O) groups is 1. The number of para-hydroxylation sites is 1. The maximum absolute atomic E-state index is 15.2. The van der Waals surface area contributed by atoms with Crippen LogP contribution in [-0.2, 0) is 9.53 Å². The van der Waals surface area contributed by atoms with Crippen LogP contribution in [0.4, 0.5) is 15.8 Å². The van der Waals surface area contributed by atoms with E-state index in [0.29, 0.717) is 62.2 Å². The first kappa shape index (κ1) is 25.2. The number of anilines is 2. The van der Waals surface area contributed by atoms with Gasteiger partial charge in [-0.3, -0.25) is 4.90 Å². The molecule has 0 aliphatic carbocycles. The molecule has 3 heterocycles. The van der Waals surface area contributed by atoms with Gasteiger partial charge in [-0.15, -0.1) is 17.7 Å². The molecule has 2 unspecified atom stereocenters. The van der Waals surface area contributed by atoms with E-state index in [1.165, 1.54) is 12.3 Å². The zero-order chi connectivity index (χ0) is 26.3. The van der Waals surface area contributed by atoms with Crippen molar-refractivity contribution in [2.45, 2.75) is 18.6 Å². The number of phenols is 1. The molecule has 10 nitrogen and oxygen atoms in total. The Morgan fingerprint density at radius 1 is 1.19 bits per heavy atom. The van der Waals surface area contributed by atoms with E-state index in [2.05, 4.69) is 22.6 Å². The van der Waals surface area contributed by atoms with Crippen molar-refractivity contribution in [3.63, 3.8) is 0 Å². The Balaban J connectivity index is 1.27. The largest absolute Gasteiger partial charge is 0.507 e. The highest BCUT2D eigenvalue weighted by molar-refractivity contribution is 7.80. The smallest absolute Gasteiger partial charge is 0.336 e. The van der Waals surface area contributed by atoms with E-state index in [1.807, 2.05) is 11.8 Å². The van der Waals surface area contributed by atoms with Crippen molar-refractivity contribution in [2.75, 3.05) is 49.2 Å². The molecule has 2 aromatic rings. The molecule has 37 heavy (non-hydrogen) atoms. The SMILES string of the molecule is CCN1C=C(C(=O)O)C(O)c2cc(F)c(N3CCN(CN4N=C(c5ccccc5O)OC4S)CC3)cc21. The van der Waals surface area contributed by atoms with Crippen LogP contribution in [0.25, 0.3) is 0 Å². The number of aliphatic hydroxyl groups is 1. The van der Waals surface area contributed by atoms with Gasteiger partial charge < -0.3 is 29.9 Å². The zero-order valence-electron chi connectivity index (χ0n) is 20.2. The first-order chi connectivity index (χ1) is 17.8. The number of aromatic hydroxyl groups is 1. The van der Waals surface area contributed by atoms with Gasteiger partial charge in [0.1, 0.15) is 17.7 Å². The number of carboxylic acids is 1. The number of halogens is 1. The maximum Gasteiger partial charge on any atom is 0.336 e. The summed E-state index contributed by atoms with van der Waals surface area (Å²) >= 11 is 4.46. The minimum absolute atomic E-state index is 0.0770. The van der Waals surface area contributed by atoms with Gasteiger partial charge in [0.05, 0.1) is 23.5 Å². The second-order valence-corrected chi connectivity index (χ2v) is 9.43. The van der Waals surface area contributed by atoms with Crippen LogP contribution < -0.4 is 9.80 Å². The molecule has 2 atom stereocenters. The molecule has 196 valence electrons. The summed E-state index contributed by atoms with van der Waals surface area (Å²) in [6, 6.07) is 9.73. The number of thiol groups is 1. The second-order valence-electron chi connectivity index (χ2n) is 8.99. The number of aliphatic carboxylic acids is 1. The fourth-order valence-electron chi connectivity index (χ4n) is 4.74. The highest BCUT2D eigenvalue weighted by atomic mass is 32.1. The Morgan fingerprint density at radius 2 is 1.92 bits per heavy atom. The number of phenolic OH excluding ortho intramolecular Hbond substituents is 1. The molecule has 0 amide bonds. The number of hydrogen-bond donors (Lipinski definition) is 4. The van der Waals surface area contributed by atoms with Crippen molar-refractivity contribution < 1.29 is 29.2 Å². The number of hydrogen-bond acceptors (Lipinski definition) is 10. The van der Waals surface area contributed by atoms with Crippen molar-refractivity contribution in [1.82, 2.24) is 9.91 Å². The fraction of sp³-hybridized carbons (Fsp3) is 0.360. The Bertz CT molecular complexity index is 1270. The third-order valence-electron chi connectivity index (χ3n) is 6.76. The van der Waals surface area contributed by atoms with Crippen LogP contribution in [0.1, 0.15) is 24.2 Å². The van der Waals surface area contributed by atoms with Crippen LogP contribution in [0.2, 0.25) is 0 Å². The van der Waals surface area contributed by atoms with Crippen LogP contribution >= 0.6 is 12.6 Å². The first-order valence-electron chi connectivity index (χ1n) is 12.0. The van der Waals surface area contributed by atoms with Gasteiger partial charge >= 0.3 is 5.97 Å². The summed E-state index contributed by atoms with van der Waals surface area (Å²) in [5, 5.41) is 36.2. The lowest BCUT2D eigenvalue weighted by Crippen LogP contribution is -2.50. The van der Waals surface area contributed by atoms with Gasteiger partial charge in [0, 0.05) is 50.2 Å². The van der Waals surface area contributed by atoms with Crippen LogP contribution in [0.3, 0.4) is 0 Å². The summed E-state index contributed by atoms with van der Waals surface area (Å²) in [6.45, 7) is 5.18. The van der Waals surface area contributed by atoms with Crippen molar-refractivity contribution in [2.24, 2.45) is 5.10 Å². The van der Waals surface area contributed by atoms with E-state index < -0.39 is 23.5 Å². The molecule has 1 fully saturated rings. The summed E-state index contributed by atoms with van der Waals surface area (Å²) in [7, 11) is 0.